The molecule has 0 aliphatic carbocycles. The molecule has 7 heteroatoms. The molecule has 2 rings (SSSR count). The first-order chi connectivity index (χ1) is 13.4. The molecular weight excluding hydrogens is 373 g/mol. The normalized spacial score (nSPS) is 10.6. The summed E-state index contributed by atoms with van der Waals surface area (Å²) in [5.74, 6) is -4.91. The maximum atomic E-state index is 13.6. The number of hydrogen-bond acceptors (Lipinski definition) is 4. The molecule has 0 heterocycles. The van der Waals surface area contributed by atoms with Crippen LogP contribution in [0.3, 0.4) is 0 Å². The number of unbranched alkanes of at least 4 members (excludes halogenated alkanes) is 3. The van der Waals surface area contributed by atoms with Crippen LogP contribution < -0.4 is 0 Å². The zero-order valence-electron chi connectivity index (χ0n) is 15.5. The van der Waals surface area contributed by atoms with Gasteiger partial charge in [-0.3, -0.25) is 0 Å². The number of carbonyl (C=O) groups is 2. The first-order valence-electron chi connectivity index (χ1n) is 9.00. The molecule has 150 valence electrons. The number of rotatable bonds is 9. The molecular formula is C21H21F3O4. The van der Waals surface area contributed by atoms with Crippen molar-refractivity contribution >= 4 is 11.9 Å². The van der Waals surface area contributed by atoms with Crippen molar-refractivity contribution in [2.24, 2.45) is 0 Å². The van der Waals surface area contributed by atoms with Crippen LogP contribution in [0.4, 0.5) is 13.2 Å². The van der Waals surface area contributed by atoms with Crippen molar-refractivity contribution in [3.63, 3.8) is 0 Å². The van der Waals surface area contributed by atoms with Crippen LogP contribution in [-0.2, 0) is 16.1 Å². The Balaban J connectivity index is 1.89. The molecule has 0 aromatic heterocycles. The third-order valence-corrected chi connectivity index (χ3v) is 4.01. The van der Waals surface area contributed by atoms with E-state index in [0.29, 0.717) is 12.7 Å². The van der Waals surface area contributed by atoms with E-state index in [0.717, 1.165) is 31.7 Å². The monoisotopic (exact) mass is 394 g/mol. The van der Waals surface area contributed by atoms with E-state index >= 15 is 0 Å². The number of carbonyl (C=O) groups excluding carboxylic acids is 2. The highest BCUT2D eigenvalue weighted by Gasteiger charge is 2.15. The van der Waals surface area contributed by atoms with Crippen LogP contribution >= 0.6 is 0 Å². The molecule has 28 heavy (non-hydrogen) atoms. The molecule has 2 aromatic rings. The van der Waals surface area contributed by atoms with Gasteiger partial charge in [-0.1, -0.05) is 26.2 Å². The summed E-state index contributed by atoms with van der Waals surface area (Å²) < 4.78 is 49.9. The van der Waals surface area contributed by atoms with E-state index in [4.69, 9.17) is 9.47 Å². The number of ether oxygens (including phenoxy) is 2. The zero-order chi connectivity index (χ0) is 20.5. The second kappa shape index (κ2) is 10.5. The van der Waals surface area contributed by atoms with Crippen LogP contribution in [0.1, 0.15) is 58.9 Å². The molecule has 0 N–H and O–H groups in total. The average Bonchev–Trinajstić information content (AvgIpc) is 2.69. The minimum absolute atomic E-state index is 0.108. The lowest BCUT2D eigenvalue weighted by atomic mass is 10.1. The average molecular weight is 394 g/mol. The van der Waals surface area contributed by atoms with Gasteiger partial charge in [0.05, 0.1) is 17.7 Å². The Labute approximate surface area is 161 Å². The zero-order valence-corrected chi connectivity index (χ0v) is 15.5. The molecule has 0 amide bonds. The third kappa shape index (κ3) is 6.11. The van der Waals surface area contributed by atoms with Gasteiger partial charge in [0.2, 0.25) is 0 Å². The van der Waals surface area contributed by atoms with E-state index in [9.17, 15) is 22.8 Å². The fourth-order valence-corrected chi connectivity index (χ4v) is 2.46. The number of halogens is 3. The van der Waals surface area contributed by atoms with Gasteiger partial charge in [0.25, 0.3) is 0 Å². The van der Waals surface area contributed by atoms with Crippen molar-refractivity contribution in [3.8, 4) is 0 Å². The lowest BCUT2D eigenvalue weighted by Crippen LogP contribution is -2.09. The van der Waals surface area contributed by atoms with Gasteiger partial charge >= 0.3 is 11.9 Å². The van der Waals surface area contributed by atoms with E-state index < -0.39 is 41.6 Å². The fourth-order valence-electron chi connectivity index (χ4n) is 2.46. The molecule has 0 fully saturated rings. The molecule has 4 nitrogen and oxygen atoms in total. The Morgan fingerprint density at radius 3 is 2.07 bits per heavy atom. The standard InChI is InChI=1S/C21H21F3O4/c1-2-3-4-5-10-27-20(25)14-6-8-15(9-7-14)21(26)28-13-16-11-17(22)12-18(23)19(16)24/h6-9,11-12H,2-5,10,13H2,1H3. The molecule has 0 saturated heterocycles. The summed E-state index contributed by atoms with van der Waals surface area (Å²) >= 11 is 0. The highest BCUT2D eigenvalue weighted by molar-refractivity contribution is 5.93. The van der Waals surface area contributed by atoms with Crippen molar-refractivity contribution in [2.45, 2.75) is 39.2 Å². The van der Waals surface area contributed by atoms with E-state index in [2.05, 4.69) is 6.92 Å². The van der Waals surface area contributed by atoms with Gasteiger partial charge < -0.3 is 9.47 Å². The Hall–Kier alpha value is -2.83. The van der Waals surface area contributed by atoms with Crippen LogP contribution in [0, 0.1) is 17.5 Å². The first-order valence-corrected chi connectivity index (χ1v) is 9.00. The lowest BCUT2D eigenvalue weighted by molar-refractivity contribution is 0.0462. The maximum absolute atomic E-state index is 13.6. The summed E-state index contributed by atoms with van der Waals surface area (Å²) in [5, 5.41) is 0. The molecule has 0 atom stereocenters. The van der Waals surface area contributed by atoms with Crippen LogP contribution in [0.5, 0.6) is 0 Å². The predicted molar refractivity (Wildman–Crippen MR) is 96.3 cm³/mol. The summed E-state index contributed by atoms with van der Waals surface area (Å²) in [6.07, 6.45) is 3.96. The molecule has 0 saturated carbocycles. The SMILES string of the molecule is CCCCCCOC(=O)c1ccc(C(=O)OCc2cc(F)cc(F)c2F)cc1. The van der Waals surface area contributed by atoms with Gasteiger partial charge in [-0.05, 0) is 36.8 Å². The van der Waals surface area contributed by atoms with Gasteiger partial charge in [0.15, 0.2) is 11.6 Å². The topological polar surface area (TPSA) is 52.6 Å². The summed E-state index contributed by atoms with van der Waals surface area (Å²) in [6.45, 7) is 1.80. The highest BCUT2D eigenvalue weighted by atomic mass is 19.2. The molecule has 0 bridgehead atoms. The maximum Gasteiger partial charge on any atom is 0.338 e. The van der Waals surface area contributed by atoms with E-state index in [1.54, 1.807) is 0 Å². The molecule has 0 radical (unpaired) electrons. The first kappa shape index (κ1) is 21.5. The van der Waals surface area contributed by atoms with E-state index in [1.165, 1.54) is 24.3 Å². The van der Waals surface area contributed by atoms with Gasteiger partial charge in [-0.2, -0.15) is 0 Å². The molecule has 0 aliphatic heterocycles. The second-order valence-corrected chi connectivity index (χ2v) is 6.21. The number of hydrogen-bond donors (Lipinski definition) is 0. The van der Waals surface area contributed by atoms with Crippen LogP contribution in [0.15, 0.2) is 36.4 Å². The van der Waals surface area contributed by atoms with Crippen molar-refractivity contribution in [1.29, 1.82) is 0 Å². The smallest absolute Gasteiger partial charge is 0.338 e. The third-order valence-electron chi connectivity index (χ3n) is 4.01. The Morgan fingerprint density at radius 2 is 1.46 bits per heavy atom. The number of benzene rings is 2. The molecule has 0 aliphatic rings. The van der Waals surface area contributed by atoms with Gasteiger partial charge in [-0.25, -0.2) is 22.8 Å². The summed E-state index contributed by atoms with van der Waals surface area (Å²) in [5.41, 5.74) is -0.0174. The summed E-state index contributed by atoms with van der Waals surface area (Å²) in [7, 11) is 0. The lowest BCUT2D eigenvalue weighted by Gasteiger charge is -2.08. The summed E-state index contributed by atoms with van der Waals surface area (Å²) in [6, 6.07) is 6.70. The summed E-state index contributed by atoms with van der Waals surface area (Å²) in [4.78, 5) is 23.9. The Morgan fingerprint density at radius 1 is 0.857 bits per heavy atom. The van der Waals surface area contributed by atoms with Crippen LogP contribution in [-0.4, -0.2) is 18.5 Å². The minimum atomic E-state index is -1.36. The highest BCUT2D eigenvalue weighted by Crippen LogP contribution is 2.16. The van der Waals surface area contributed by atoms with Crippen LogP contribution in [0.2, 0.25) is 0 Å². The second-order valence-electron chi connectivity index (χ2n) is 6.21. The molecule has 0 spiro atoms. The Kier molecular flexibility index (Phi) is 8.04. The van der Waals surface area contributed by atoms with E-state index in [-0.39, 0.29) is 11.1 Å². The largest absolute Gasteiger partial charge is 0.462 e. The van der Waals surface area contributed by atoms with Gasteiger partial charge in [0.1, 0.15) is 12.4 Å². The predicted octanol–water partition coefficient (Wildman–Crippen LogP) is 5.20. The fraction of sp³-hybridized carbons (Fsp3) is 0.333. The molecule has 2 aromatic carbocycles. The molecule has 0 unspecified atom stereocenters. The van der Waals surface area contributed by atoms with Crippen molar-refractivity contribution in [3.05, 3.63) is 70.5 Å². The van der Waals surface area contributed by atoms with Crippen molar-refractivity contribution in [2.75, 3.05) is 6.61 Å². The quantitative estimate of drug-likeness (QED) is 0.333. The van der Waals surface area contributed by atoms with Crippen molar-refractivity contribution in [1.82, 2.24) is 0 Å². The van der Waals surface area contributed by atoms with E-state index in [1.807, 2.05) is 0 Å². The van der Waals surface area contributed by atoms with Crippen molar-refractivity contribution < 1.29 is 32.2 Å². The van der Waals surface area contributed by atoms with Gasteiger partial charge in [-0.15, -0.1) is 0 Å². The number of esters is 2. The van der Waals surface area contributed by atoms with Crippen LogP contribution in [0.25, 0.3) is 0 Å². The Bertz CT molecular complexity index is 819. The van der Waals surface area contributed by atoms with Gasteiger partial charge in [0, 0.05) is 11.6 Å². The minimum Gasteiger partial charge on any atom is -0.462 e.